The summed E-state index contributed by atoms with van der Waals surface area (Å²) in [5, 5.41) is 5.53. The van der Waals surface area contributed by atoms with Gasteiger partial charge in [-0.2, -0.15) is 0 Å². The van der Waals surface area contributed by atoms with Gasteiger partial charge in [0, 0.05) is 31.4 Å². The summed E-state index contributed by atoms with van der Waals surface area (Å²) in [4.78, 5) is 25.8. The highest BCUT2D eigenvalue weighted by Crippen LogP contribution is 2.25. The zero-order valence-electron chi connectivity index (χ0n) is 16.4. The van der Waals surface area contributed by atoms with Crippen molar-refractivity contribution in [1.82, 2.24) is 0 Å². The van der Waals surface area contributed by atoms with Crippen LogP contribution in [0.4, 0.5) is 17.1 Å². The predicted molar refractivity (Wildman–Crippen MR) is 112 cm³/mol. The molecular formula is C22H27N3O3. The minimum absolute atomic E-state index is 0.137. The van der Waals surface area contributed by atoms with Gasteiger partial charge in [-0.3, -0.25) is 9.59 Å². The van der Waals surface area contributed by atoms with E-state index >= 15 is 0 Å². The number of rotatable bonds is 6. The molecule has 2 aromatic carbocycles. The zero-order valence-corrected chi connectivity index (χ0v) is 16.4. The number of piperidine rings is 1. The van der Waals surface area contributed by atoms with E-state index in [9.17, 15) is 9.59 Å². The number of nitrogens with one attached hydrogen (secondary N) is 2. The number of hydrogen-bond acceptors (Lipinski definition) is 4. The van der Waals surface area contributed by atoms with Crippen LogP contribution in [0, 0.1) is 5.92 Å². The number of carbonyl (C=O) groups is 2. The predicted octanol–water partition coefficient (Wildman–Crippen LogP) is 3.90. The molecule has 0 radical (unpaired) electrons. The monoisotopic (exact) mass is 381 g/mol. The fourth-order valence-corrected chi connectivity index (χ4v) is 3.25. The van der Waals surface area contributed by atoms with Crippen molar-refractivity contribution in [2.75, 3.05) is 35.2 Å². The fraction of sp³-hybridized carbons (Fsp3) is 0.364. The van der Waals surface area contributed by atoms with E-state index < -0.39 is 0 Å². The van der Waals surface area contributed by atoms with Crippen LogP contribution in [0.25, 0.3) is 0 Å². The third-order valence-electron chi connectivity index (χ3n) is 4.86. The second-order valence-corrected chi connectivity index (χ2v) is 7.23. The molecule has 1 heterocycles. The normalized spacial score (nSPS) is 14.4. The van der Waals surface area contributed by atoms with Crippen LogP contribution in [0.3, 0.4) is 0 Å². The molecule has 0 saturated carbocycles. The summed E-state index contributed by atoms with van der Waals surface area (Å²) in [7, 11) is 0. The SMILES string of the molecule is CC(=O)Nc1ccccc1OCC(=O)Nc1ccc(N2CCC(C)CC2)cc1. The number of amides is 2. The number of anilines is 3. The van der Waals surface area contributed by atoms with E-state index in [1.807, 2.05) is 24.3 Å². The maximum atomic E-state index is 12.2. The first kappa shape index (κ1) is 19.7. The van der Waals surface area contributed by atoms with Crippen LogP contribution in [0.1, 0.15) is 26.7 Å². The topological polar surface area (TPSA) is 70.7 Å². The largest absolute Gasteiger partial charge is 0.482 e. The molecule has 1 aliphatic rings. The number of carbonyl (C=O) groups excluding carboxylic acids is 2. The lowest BCUT2D eigenvalue weighted by atomic mass is 9.99. The summed E-state index contributed by atoms with van der Waals surface area (Å²) in [5.74, 6) is 0.814. The number of para-hydroxylation sites is 2. The molecule has 1 saturated heterocycles. The van der Waals surface area contributed by atoms with Crippen molar-refractivity contribution < 1.29 is 14.3 Å². The quantitative estimate of drug-likeness (QED) is 0.796. The first-order chi connectivity index (χ1) is 13.5. The fourth-order valence-electron chi connectivity index (χ4n) is 3.25. The second-order valence-electron chi connectivity index (χ2n) is 7.23. The van der Waals surface area contributed by atoms with E-state index in [-0.39, 0.29) is 18.4 Å². The van der Waals surface area contributed by atoms with Gasteiger partial charge in [-0.15, -0.1) is 0 Å². The standard InChI is InChI=1S/C22H27N3O3/c1-16-11-13-25(14-12-16)19-9-7-18(8-10-19)24-22(27)15-28-21-6-4-3-5-20(21)23-17(2)26/h3-10,16H,11-15H2,1-2H3,(H,23,26)(H,24,27). The van der Waals surface area contributed by atoms with E-state index in [0.29, 0.717) is 11.4 Å². The van der Waals surface area contributed by atoms with Gasteiger partial charge < -0.3 is 20.3 Å². The first-order valence-corrected chi connectivity index (χ1v) is 9.65. The summed E-state index contributed by atoms with van der Waals surface area (Å²) in [5.41, 5.74) is 2.46. The highest BCUT2D eigenvalue weighted by Gasteiger charge is 2.16. The van der Waals surface area contributed by atoms with Gasteiger partial charge in [-0.25, -0.2) is 0 Å². The smallest absolute Gasteiger partial charge is 0.262 e. The van der Waals surface area contributed by atoms with Gasteiger partial charge >= 0.3 is 0 Å². The third kappa shape index (κ3) is 5.49. The molecule has 2 aromatic rings. The van der Waals surface area contributed by atoms with Crippen LogP contribution in [0.5, 0.6) is 5.75 Å². The number of hydrogen-bond donors (Lipinski definition) is 2. The van der Waals surface area contributed by atoms with Crippen molar-refractivity contribution in [1.29, 1.82) is 0 Å². The van der Waals surface area contributed by atoms with Gasteiger partial charge in [0.15, 0.2) is 6.61 Å². The highest BCUT2D eigenvalue weighted by atomic mass is 16.5. The molecule has 0 aromatic heterocycles. The van der Waals surface area contributed by atoms with Crippen molar-refractivity contribution in [3.05, 3.63) is 48.5 Å². The van der Waals surface area contributed by atoms with E-state index in [0.717, 1.165) is 24.7 Å². The van der Waals surface area contributed by atoms with Gasteiger partial charge in [0.05, 0.1) is 5.69 Å². The molecule has 148 valence electrons. The number of ether oxygens (including phenoxy) is 1. The summed E-state index contributed by atoms with van der Waals surface area (Å²) in [6.45, 7) is 5.75. The molecule has 1 aliphatic heterocycles. The lowest BCUT2D eigenvalue weighted by molar-refractivity contribution is -0.118. The molecule has 2 N–H and O–H groups in total. The number of benzene rings is 2. The second kappa shape index (κ2) is 9.26. The maximum Gasteiger partial charge on any atom is 0.262 e. The summed E-state index contributed by atoms with van der Waals surface area (Å²) in [6, 6.07) is 14.9. The molecule has 3 rings (SSSR count). The Bertz CT molecular complexity index is 812. The Hall–Kier alpha value is -3.02. The van der Waals surface area contributed by atoms with Crippen LogP contribution in [-0.4, -0.2) is 31.5 Å². The zero-order chi connectivity index (χ0) is 19.9. The molecule has 1 fully saturated rings. The minimum Gasteiger partial charge on any atom is -0.482 e. The van der Waals surface area contributed by atoms with Crippen LogP contribution in [0.2, 0.25) is 0 Å². The van der Waals surface area contributed by atoms with Crippen molar-refractivity contribution >= 4 is 28.9 Å². The van der Waals surface area contributed by atoms with E-state index in [1.54, 1.807) is 24.3 Å². The lowest BCUT2D eigenvalue weighted by Gasteiger charge is -2.32. The number of nitrogens with zero attached hydrogens (tertiary/aromatic N) is 1. The summed E-state index contributed by atoms with van der Waals surface area (Å²) >= 11 is 0. The van der Waals surface area contributed by atoms with Crippen molar-refractivity contribution in [2.45, 2.75) is 26.7 Å². The Morgan fingerprint density at radius 3 is 2.39 bits per heavy atom. The molecule has 0 bridgehead atoms. The Labute approximate surface area is 165 Å². The van der Waals surface area contributed by atoms with Crippen molar-refractivity contribution in [3.8, 4) is 5.75 Å². The highest BCUT2D eigenvalue weighted by molar-refractivity contribution is 5.93. The molecule has 6 heteroatoms. The molecule has 0 spiro atoms. The van der Waals surface area contributed by atoms with Gasteiger partial charge in [0.1, 0.15) is 5.75 Å². The Kier molecular flexibility index (Phi) is 6.53. The third-order valence-corrected chi connectivity index (χ3v) is 4.86. The molecular weight excluding hydrogens is 354 g/mol. The van der Waals surface area contributed by atoms with Crippen LogP contribution in [-0.2, 0) is 9.59 Å². The Morgan fingerprint density at radius 1 is 1.04 bits per heavy atom. The minimum atomic E-state index is -0.253. The van der Waals surface area contributed by atoms with Crippen LogP contribution in [0.15, 0.2) is 48.5 Å². The van der Waals surface area contributed by atoms with Gasteiger partial charge in [0.2, 0.25) is 5.91 Å². The van der Waals surface area contributed by atoms with Gasteiger partial charge in [-0.05, 0) is 55.2 Å². The Balaban J connectivity index is 1.52. The molecule has 6 nitrogen and oxygen atoms in total. The molecule has 28 heavy (non-hydrogen) atoms. The lowest BCUT2D eigenvalue weighted by Crippen LogP contribution is -2.32. The first-order valence-electron chi connectivity index (χ1n) is 9.65. The summed E-state index contributed by atoms with van der Waals surface area (Å²) < 4.78 is 5.57. The average molecular weight is 381 g/mol. The maximum absolute atomic E-state index is 12.2. The average Bonchev–Trinajstić information content (AvgIpc) is 2.68. The van der Waals surface area contributed by atoms with Gasteiger partial charge in [-0.1, -0.05) is 19.1 Å². The van der Waals surface area contributed by atoms with Crippen LogP contribution >= 0.6 is 0 Å². The van der Waals surface area contributed by atoms with Crippen molar-refractivity contribution in [2.24, 2.45) is 5.92 Å². The molecule has 2 amide bonds. The summed E-state index contributed by atoms with van der Waals surface area (Å²) in [6.07, 6.45) is 2.44. The van der Waals surface area contributed by atoms with E-state index in [1.165, 1.54) is 25.5 Å². The van der Waals surface area contributed by atoms with Crippen LogP contribution < -0.4 is 20.3 Å². The molecule has 0 aliphatic carbocycles. The van der Waals surface area contributed by atoms with Gasteiger partial charge in [0.25, 0.3) is 5.91 Å². The molecule has 0 unspecified atom stereocenters. The Morgan fingerprint density at radius 2 is 1.71 bits per heavy atom. The van der Waals surface area contributed by atoms with Crippen molar-refractivity contribution in [3.63, 3.8) is 0 Å². The molecule has 0 atom stereocenters. The van der Waals surface area contributed by atoms with E-state index in [2.05, 4.69) is 22.5 Å². The van der Waals surface area contributed by atoms with E-state index in [4.69, 9.17) is 4.74 Å².